The van der Waals surface area contributed by atoms with Crippen LogP contribution in [-0.2, 0) is 6.54 Å². The zero-order valence-corrected chi connectivity index (χ0v) is 13.8. The molecule has 0 radical (unpaired) electrons. The summed E-state index contributed by atoms with van der Waals surface area (Å²) in [5.41, 5.74) is 1.88. The van der Waals surface area contributed by atoms with Crippen molar-refractivity contribution in [2.24, 2.45) is 0 Å². The summed E-state index contributed by atoms with van der Waals surface area (Å²) < 4.78 is 5.94. The van der Waals surface area contributed by atoms with Crippen LogP contribution in [0.5, 0.6) is 11.5 Å². The van der Waals surface area contributed by atoms with Crippen molar-refractivity contribution in [2.75, 3.05) is 0 Å². The predicted octanol–water partition coefficient (Wildman–Crippen LogP) is 4.99. The fraction of sp³-hybridized carbons (Fsp3) is 0.312. The highest BCUT2D eigenvalue weighted by Gasteiger charge is 2.10. The number of halogens is 2. The van der Waals surface area contributed by atoms with E-state index in [2.05, 4.69) is 24.1 Å². The quantitative estimate of drug-likeness (QED) is 0.841. The summed E-state index contributed by atoms with van der Waals surface area (Å²) in [5, 5.41) is 4.43. The van der Waals surface area contributed by atoms with E-state index in [-0.39, 0.29) is 0 Å². The third-order valence-corrected chi connectivity index (χ3v) is 3.43. The number of aryl methyl sites for hydroxylation is 1. The Labute approximate surface area is 135 Å². The lowest BCUT2D eigenvalue weighted by Gasteiger charge is -2.14. The van der Waals surface area contributed by atoms with Gasteiger partial charge in [0.25, 0.3) is 0 Å². The number of pyridine rings is 1. The monoisotopic (exact) mass is 324 g/mol. The van der Waals surface area contributed by atoms with E-state index in [0.29, 0.717) is 28.4 Å². The molecule has 0 spiro atoms. The van der Waals surface area contributed by atoms with Crippen molar-refractivity contribution < 1.29 is 4.74 Å². The molecule has 2 rings (SSSR count). The third-order valence-electron chi connectivity index (χ3n) is 2.90. The summed E-state index contributed by atoms with van der Waals surface area (Å²) in [6.45, 7) is 6.80. The van der Waals surface area contributed by atoms with Gasteiger partial charge in [-0.05, 0) is 25.1 Å². The van der Waals surface area contributed by atoms with Crippen molar-refractivity contribution in [1.82, 2.24) is 10.3 Å². The molecule has 1 aromatic heterocycles. The number of ether oxygens (including phenoxy) is 1. The largest absolute Gasteiger partial charge is 0.455 e. The fourth-order valence-electron chi connectivity index (χ4n) is 1.78. The Kier molecular flexibility index (Phi) is 5.45. The first kappa shape index (κ1) is 16.1. The highest BCUT2D eigenvalue weighted by atomic mass is 35.5. The molecular formula is C16H18Cl2N2O. The van der Waals surface area contributed by atoms with E-state index < -0.39 is 0 Å². The van der Waals surface area contributed by atoms with Gasteiger partial charge in [0.2, 0.25) is 0 Å². The van der Waals surface area contributed by atoms with E-state index in [0.717, 1.165) is 17.0 Å². The molecule has 2 aromatic rings. The molecule has 0 bridgehead atoms. The average Bonchev–Trinajstić information content (AvgIpc) is 2.41. The second-order valence-electron chi connectivity index (χ2n) is 5.15. The third kappa shape index (κ3) is 4.60. The van der Waals surface area contributed by atoms with Crippen LogP contribution in [0.4, 0.5) is 0 Å². The summed E-state index contributed by atoms with van der Waals surface area (Å²) in [7, 11) is 0. The van der Waals surface area contributed by atoms with Crippen molar-refractivity contribution in [3.63, 3.8) is 0 Å². The summed E-state index contributed by atoms with van der Waals surface area (Å²) >= 11 is 12.1. The topological polar surface area (TPSA) is 34.1 Å². The number of aromatic nitrogens is 1. The highest BCUT2D eigenvalue weighted by molar-refractivity contribution is 6.35. The minimum Gasteiger partial charge on any atom is -0.455 e. The van der Waals surface area contributed by atoms with Crippen LogP contribution in [0.2, 0.25) is 10.0 Å². The number of hydrogen-bond acceptors (Lipinski definition) is 3. The van der Waals surface area contributed by atoms with Crippen molar-refractivity contribution in [1.29, 1.82) is 0 Å². The van der Waals surface area contributed by atoms with Crippen LogP contribution < -0.4 is 10.1 Å². The van der Waals surface area contributed by atoms with Gasteiger partial charge < -0.3 is 10.1 Å². The first-order chi connectivity index (χ1) is 9.95. The van der Waals surface area contributed by atoms with E-state index in [1.165, 1.54) is 0 Å². The SMILES string of the molecule is Cc1cc(Oc2ccc(Cl)cc2Cl)c(CNC(C)C)cn1. The van der Waals surface area contributed by atoms with E-state index in [1.807, 2.05) is 19.2 Å². The summed E-state index contributed by atoms with van der Waals surface area (Å²) in [4.78, 5) is 4.32. The van der Waals surface area contributed by atoms with Gasteiger partial charge in [-0.3, -0.25) is 4.98 Å². The molecule has 21 heavy (non-hydrogen) atoms. The standard InChI is InChI=1S/C16H18Cl2N2O/c1-10(2)19-8-12-9-20-11(3)6-16(12)21-15-5-4-13(17)7-14(15)18/h4-7,9-10,19H,8H2,1-3H3. The number of nitrogens with zero attached hydrogens (tertiary/aromatic N) is 1. The van der Waals surface area contributed by atoms with Gasteiger partial charge in [0.05, 0.1) is 5.02 Å². The number of hydrogen-bond donors (Lipinski definition) is 1. The van der Waals surface area contributed by atoms with Crippen LogP contribution in [0.15, 0.2) is 30.5 Å². The van der Waals surface area contributed by atoms with Crippen LogP contribution in [0.3, 0.4) is 0 Å². The van der Waals surface area contributed by atoms with Gasteiger partial charge in [-0.15, -0.1) is 0 Å². The Morgan fingerprint density at radius 3 is 2.62 bits per heavy atom. The van der Waals surface area contributed by atoms with Crippen LogP contribution >= 0.6 is 23.2 Å². The molecule has 0 aliphatic rings. The van der Waals surface area contributed by atoms with Gasteiger partial charge in [-0.2, -0.15) is 0 Å². The lowest BCUT2D eigenvalue weighted by atomic mass is 10.2. The van der Waals surface area contributed by atoms with Gasteiger partial charge in [0, 0.05) is 41.1 Å². The van der Waals surface area contributed by atoms with Crippen molar-refractivity contribution in [3.8, 4) is 11.5 Å². The van der Waals surface area contributed by atoms with Crippen LogP contribution in [0, 0.1) is 6.92 Å². The maximum absolute atomic E-state index is 6.16. The molecular weight excluding hydrogens is 307 g/mol. The van der Waals surface area contributed by atoms with Crippen LogP contribution in [0.1, 0.15) is 25.1 Å². The Balaban J connectivity index is 2.27. The molecule has 1 aromatic carbocycles. The summed E-state index contributed by atoms with van der Waals surface area (Å²) in [6, 6.07) is 7.47. The minimum absolute atomic E-state index is 0.387. The van der Waals surface area contributed by atoms with Crippen LogP contribution in [-0.4, -0.2) is 11.0 Å². The van der Waals surface area contributed by atoms with Crippen molar-refractivity contribution in [3.05, 3.63) is 51.8 Å². The van der Waals surface area contributed by atoms with E-state index >= 15 is 0 Å². The van der Waals surface area contributed by atoms with Crippen molar-refractivity contribution >= 4 is 23.2 Å². The molecule has 1 heterocycles. The Morgan fingerprint density at radius 2 is 1.95 bits per heavy atom. The molecule has 0 aliphatic heterocycles. The molecule has 0 amide bonds. The Hall–Kier alpha value is -1.29. The molecule has 0 unspecified atom stereocenters. The van der Waals surface area contributed by atoms with Crippen molar-refractivity contribution in [2.45, 2.75) is 33.4 Å². The maximum atomic E-state index is 6.16. The lowest BCUT2D eigenvalue weighted by molar-refractivity contribution is 0.468. The van der Waals surface area contributed by atoms with Crippen LogP contribution in [0.25, 0.3) is 0 Å². The van der Waals surface area contributed by atoms with Gasteiger partial charge in [-0.1, -0.05) is 37.0 Å². The Bertz CT molecular complexity index is 630. The first-order valence-electron chi connectivity index (χ1n) is 6.77. The van der Waals surface area contributed by atoms with Gasteiger partial charge in [0.15, 0.2) is 0 Å². The van der Waals surface area contributed by atoms with Gasteiger partial charge in [0.1, 0.15) is 11.5 Å². The number of nitrogens with one attached hydrogen (secondary N) is 1. The Morgan fingerprint density at radius 1 is 1.19 bits per heavy atom. The molecule has 5 heteroatoms. The average molecular weight is 325 g/mol. The number of benzene rings is 1. The smallest absolute Gasteiger partial charge is 0.146 e. The minimum atomic E-state index is 0.387. The van der Waals surface area contributed by atoms with Gasteiger partial charge >= 0.3 is 0 Å². The highest BCUT2D eigenvalue weighted by Crippen LogP contribution is 2.33. The molecule has 0 saturated carbocycles. The summed E-state index contributed by atoms with van der Waals surface area (Å²) in [5.74, 6) is 1.33. The zero-order valence-electron chi connectivity index (χ0n) is 12.3. The first-order valence-corrected chi connectivity index (χ1v) is 7.53. The summed E-state index contributed by atoms with van der Waals surface area (Å²) in [6.07, 6.45) is 1.82. The molecule has 112 valence electrons. The number of rotatable bonds is 5. The molecule has 1 N–H and O–H groups in total. The zero-order chi connectivity index (χ0) is 15.4. The van der Waals surface area contributed by atoms with E-state index in [4.69, 9.17) is 27.9 Å². The fourth-order valence-corrected chi connectivity index (χ4v) is 2.23. The van der Waals surface area contributed by atoms with E-state index in [9.17, 15) is 0 Å². The maximum Gasteiger partial charge on any atom is 0.146 e. The lowest BCUT2D eigenvalue weighted by Crippen LogP contribution is -2.22. The predicted molar refractivity (Wildman–Crippen MR) is 87.5 cm³/mol. The molecule has 0 fully saturated rings. The molecule has 0 atom stereocenters. The molecule has 0 aliphatic carbocycles. The second-order valence-corrected chi connectivity index (χ2v) is 5.99. The molecule has 0 saturated heterocycles. The normalized spacial score (nSPS) is 11.0. The van der Waals surface area contributed by atoms with Gasteiger partial charge in [-0.25, -0.2) is 0 Å². The molecule has 3 nitrogen and oxygen atoms in total. The second kappa shape index (κ2) is 7.12. The van der Waals surface area contributed by atoms with E-state index in [1.54, 1.807) is 18.2 Å².